The summed E-state index contributed by atoms with van der Waals surface area (Å²) < 4.78 is 71.9. The molecule has 80 heavy (non-hydrogen) atoms. The number of unbranched alkanes of at least 4 members (excludes halogenated alkanes) is 1. The molecule has 438 valence electrons. The number of halogens is 2. The van der Waals surface area contributed by atoms with E-state index in [0.29, 0.717) is 101 Å². The summed E-state index contributed by atoms with van der Waals surface area (Å²) in [6.07, 6.45) is 4.20. The van der Waals surface area contributed by atoms with Crippen molar-refractivity contribution in [3.63, 3.8) is 0 Å². The molecule has 4 aromatic carbocycles. The van der Waals surface area contributed by atoms with Crippen molar-refractivity contribution in [2.24, 2.45) is 0 Å². The van der Waals surface area contributed by atoms with Gasteiger partial charge in [-0.2, -0.15) is 0 Å². The Hall–Kier alpha value is -4.42. The highest BCUT2D eigenvalue weighted by Crippen LogP contribution is 2.39. The Bertz CT molecular complexity index is 2760. The maximum absolute atomic E-state index is 13.6. The summed E-state index contributed by atoms with van der Waals surface area (Å²) >= 11 is 12.9. The largest absolute Gasteiger partial charge is 0.378 e. The highest BCUT2D eigenvalue weighted by molar-refractivity contribution is 7.89. The van der Waals surface area contributed by atoms with Crippen LogP contribution >= 0.6 is 23.2 Å². The average molecular weight is 1180 g/mol. The molecule has 0 aromatic heterocycles. The second-order valence-electron chi connectivity index (χ2n) is 22.0. The van der Waals surface area contributed by atoms with Crippen molar-refractivity contribution < 1.29 is 35.9 Å². The quantitative estimate of drug-likeness (QED) is 0.0401. The van der Waals surface area contributed by atoms with Gasteiger partial charge in [0.1, 0.15) is 0 Å². The number of amides is 4. The van der Waals surface area contributed by atoms with Gasteiger partial charge in [0.2, 0.25) is 20.0 Å². The minimum absolute atomic E-state index is 0.0184. The number of aryl methyl sites for hydroxylation is 2. The van der Waals surface area contributed by atoms with Crippen LogP contribution in [0.2, 0.25) is 10.0 Å². The molecule has 4 aliphatic heterocycles. The summed E-state index contributed by atoms with van der Waals surface area (Å²) in [7, 11) is -3.27. The Kier molecular flexibility index (Phi) is 22.5. The van der Waals surface area contributed by atoms with Crippen LogP contribution < -0.4 is 30.7 Å². The maximum Gasteiger partial charge on any atom is 0.314 e. The van der Waals surface area contributed by atoms with Crippen LogP contribution in [0.25, 0.3) is 0 Å². The number of benzene rings is 4. The van der Waals surface area contributed by atoms with Crippen molar-refractivity contribution in [1.82, 2.24) is 50.3 Å². The topological polar surface area (TPSA) is 206 Å². The number of piperidine rings is 2. The second kappa shape index (κ2) is 29.2. The average Bonchev–Trinajstić information content (AvgIpc) is 3.43. The summed E-state index contributed by atoms with van der Waals surface area (Å²) in [5, 5.41) is 12.7. The number of ether oxygens (including phenoxy) is 2. The van der Waals surface area contributed by atoms with E-state index in [4.69, 9.17) is 32.7 Å². The number of fused-ring (bicyclic) bond motifs is 2. The normalized spacial score (nSPS) is 19.1. The number of nitrogens with zero attached hydrogens (tertiary/aromatic N) is 4. The number of hydrogen-bond donors (Lipinski definition) is 6. The Morgan fingerprint density at radius 1 is 0.550 bits per heavy atom. The summed E-state index contributed by atoms with van der Waals surface area (Å²) in [6, 6.07) is 21.8. The molecule has 8 rings (SSSR count). The van der Waals surface area contributed by atoms with Gasteiger partial charge in [-0.1, -0.05) is 47.5 Å². The minimum Gasteiger partial charge on any atom is -0.378 e. The monoisotopic (exact) mass is 1180 g/mol. The number of sulfonamides is 2. The summed E-state index contributed by atoms with van der Waals surface area (Å²) in [6.45, 7) is 15.3. The molecule has 22 heteroatoms. The lowest BCUT2D eigenvalue weighted by Gasteiger charge is -2.34. The van der Waals surface area contributed by atoms with Gasteiger partial charge in [-0.25, -0.2) is 35.9 Å². The van der Waals surface area contributed by atoms with E-state index in [1.165, 1.54) is 11.1 Å². The smallest absolute Gasteiger partial charge is 0.314 e. The number of nitrogens with one attached hydrogen (secondary N) is 6. The van der Waals surface area contributed by atoms with Crippen LogP contribution in [0, 0.1) is 13.8 Å². The van der Waals surface area contributed by atoms with Crippen LogP contribution in [-0.2, 0) is 42.6 Å². The molecule has 4 aromatic rings. The first-order chi connectivity index (χ1) is 38.4. The van der Waals surface area contributed by atoms with E-state index in [2.05, 4.69) is 78.3 Å². The SMILES string of the molecule is Cc1cc(Cl)cc2c1CN(C)CC2c1cccc(S(=O)(=O)NC2CCN(CCOCCNC(=O)NCCCCNC(=O)NCCOCCN3CCC(NS(=O)(=O)c4cccc(C5CN(C)Cc6c(C)cc(Cl)cc65)c4)CC3)CC2)c1. The van der Waals surface area contributed by atoms with E-state index < -0.39 is 20.0 Å². The summed E-state index contributed by atoms with van der Waals surface area (Å²) in [5.41, 5.74) is 9.02. The molecular weight excluding hydrogens is 1100 g/mol. The first-order valence-electron chi connectivity index (χ1n) is 28.2. The second-order valence-corrected chi connectivity index (χ2v) is 26.3. The van der Waals surface area contributed by atoms with Crippen molar-refractivity contribution in [3.05, 3.63) is 127 Å². The number of likely N-dealkylation sites (N-methyl/N-ethyl adjacent to an activating group) is 2. The molecule has 6 N–H and O–H groups in total. The van der Waals surface area contributed by atoms with Crippen LogP contribution in [-0.4, -0.2) is 180 Å². The molecular formula is C58H82Cl2N10O8S2. The highest BCUT2D eigenvalue weighted by Gasteiger charge is 2.32. The van der Waals surface area contributed by atoms with Gasteiger partial charge in [-0.15, -0.1) is 0 Å². The minimum atomic E-state index is -3.72. The van der Waals surface area contributed by atoms with Crippen LogP contribution in [0.15, 0.2) is 82.6 Å². The van der Waals surface area contributed by atoms with Crippen molar-refractivity contribution in [3.8, 4) is 0 Å². The molecule has 0 radical (unpaired) electrons. The van der Waals surface area contributed by atoms with Gasteiger partial charge >= 0.3 is 12.1 Å². The van der Waals surface area contributed by atoms with E-state index in [1.807, 2.05) is 60.7 Å². The Labute approximate surface area is 484 Å². The van der Waals surface area contributed by atoms with Crippen molar-refractivity contribution in [2.75, 3.05) is 119 Å². The Balaban J connectivity index is 0.597. The lowest BCUT2D eigenvalue weighted by Crippen LogP contribution is -2.45. The van der Waals surface area contributed by atoms with Crippen LogP contribution in [0.5, 0.6) is 0 Å². The van der Waals surface area contributed by atoms with E-state index in [9.17, 15) is 26.4 Å². The molecule has 0 bridgehead atoms. The first kappa shape index (κ1) is 61.6. The van der Waals surface area contributed by atoms with Crippen LogP contribution in [0.3, 0.4) is 0 Å². The lowest BCUT2D eigenvalue weighted by atomic mass is 9.83. The maximum atomic E-state index is 13.6. The molecule has 2 atom stereocenters. The number of hydrogen-bond acceptors (Lipinski definition) is 12. The van der Waals surface area contributed by atoms with Crippen molar-refractivity contribution in [2.45, 2.75) is 99.2 Å². The fourth-order valence-electron chi connectivity index (χ4n) is 11.5. The molecule has 2 saturated heterocycles. The molecule has 4 amide bonds. The third-order valence-corrected chi connectivity index (χ3v) is 19.3. The fourth-order valence-corrected chi connectivity index (χ4v) is 14.8. The summed E-state index contributed by atoms with van der Waals surface area (Å²) in [5.74, 6) is 0.0368. The Morgan fingerprint density at radius 2 is 0.938 bits per heavy atom. The van der Waals surface area contributed by atoms with Gasteiger partial charge in [0.05, 0.1) is 36.2 Å². The van der Waals surface area contributed by atoms with Gasteiger partial charge in [0.15, 0.2) is 0 Å². The zero-order valence-electron chi connectivity index (χ0n) is 46.8. The van der Waals surface area contributed by atoms with Crippen LogP contribution in [0.1, 0.15) is 94.9 Å². The number of rotatable bonds is 25. The molecule has 0 saturated carbocycles. The van der Waals surface area contributed by atoms with Gasteiger partial charge in [0.25, 0.3) is 0 Å². The van der Waals surface area contributed by atoms with Crippen LogP contribution in [0.4, 0.5) is 9.59 Å². The number of urea groups is 2. The summed E-state index contributed by atoms with van der Waals surface area (Å²) in [4.78, 5) is 34.2. The van der Waals surface area contributed by atoms with Crippen molar-refractivity contribution >= 4 is 55.3 Å². The zero-order valence-corrected chi connectivity index (χ0v) is 50.0. The number of likely N-dealkylation sites (tertiary alicyclic amines) is 2. The van der Waals surface area contributed by atoms with E-state index in [-0.39, 0.29) is 45.8 Å². The molecule has 4 aliphatic rings. The third kappa shape index (κ3) is 17.6. The first-order valence-corrected chi connectivity index (χ1v) is 32.0. The molecule has 4 heterocycles. The lowest BCUT2D eigenvalue weighted by molar-refractivity contribution is 0.0952. The predicted molar refractivity (Wildman–Crippen MR) is 315 cm³/mol. The molecule has 18 nitrogen and oxygen atoms in total. The number of carbonyl (C=O) groups excluding carboxylic acids is 2. The Morgan fingerprint density at radius 3 is 1.34 bits per heavy atom. The highest BCUT2D eigenvalue weighted by atomic mass is 35.5. The van der Waals surface area contributed by atoms with Crippen molar-refractivity contribution in [1.29, 1.82) is 0 Å². The predicted octanol–water partition coefficient (Wildman–Crippen LogP) is 6.36. The van der Waals surface area contributed by atoms with Gasteiger partial charge < -0.3 is 50.3 Å². The number of carbonyl (C=O) groups is 2. The van der Waals surface area contributed by atoms with Gasteiger partial charge in [-0.05, 0) is 186 Å². The van der Waals surface area contributed by atoms with Gasteiger partial charge in [-0.3, -0.25) is 0 Å². The molecule has 2 unspecified atom stereocenters. The molecule has 0 aliphatic carbocycles. The third-order valence-electron chi connectivity index (χ3n) is 15.8. The van der Waals surface area contributed by atoms with Gasteiger partial charge in [0, 0.05) is 99.4 Å². The van der Waals surface area contributed by atoms with E-state index >= 15 is 0 Å². The standard InChI is InChI=1S/C58H82Cl2N10O8S2/c1-41-31-45(59)35-51-53(41)37-67(3)39-55(51)43-9-7-11-49(33-43)79(73,74)65-47-13-21-69(22-14-47)25-29-77-27-19-63-57(71)61-17-5-6-18-62-58(72)64-20-28-78-30-26-70-23-15-48(16-24-70)66-80(75,76)50-12-8-10-44(34-50)56-40-68(4)38-54-42(2)32-46(60)36-52(54)56/h7-12,31-36,47-48,55-56,65-66H,5-6,13-30,37-40H2,1-4H3,(H2,61,63,71)(H2,62,64,72). The molecule has 0 spiro atoms. The fraction of sp³-hybridized carbons (Fsp3) is 0.552. The molecule has 2 fully saturated rings. The van der Waals surface area contributed by atoms with E-state index in [1.54, 1.807) is 12.1 Å². The van der Waals surface area contributed by atoms with E-state index in [0.717, 1.165) is 98.8 Å². The zero-order chi connectivity index (χ0) is 56.8.